The maximum absolute atomic E-state index is 13.7. The molecule has 3 heteroatoms. The van der Waals surface area contributed by atoms with Gasteiger partial charge in [-0.15, -0.1) is 0 Å². The highest BCUT2D eigenvalue weighted by atomic mass is 19.1. The molecule has 19 heavy (non-hydrogen) atoms. The van der Waals surface area contributed by atoms with Gasteiger partial charge in [0.15, 0.2) is 0 Å². The zero-order valence-corrected chi connectivity index (χ0v) is 11.1. The lowest BCUT2D eigenvalue weighted by Crippen LogP contribution is -2.13. The summed E-state index contributed by atoms with van der Waals surface area (Å²) in [6.07, 6.45) is 0. The Kier molecular flexibility index (Phi) is 4.27. The molecule has 0 bridgehead atoms. The SMILES string of the molecule is CCNCc1cc(-c2ccc(F)cc2C)ccc1F. The molecular weight excluding hydrogens is 244 g/mol. The maximum atomic E-state index is 13.7. The Hall–Kier alpha value is -1.74. The lowest BCUT2D eigenvalue weighted by Gasteiger charge is -2.10. The van der Waals surface area contributed by atoms with E-state index in [0.29, 0.717) is 12.1 Å². The van der Waals surface area contributed by atoms with Crippen LogP contribution in [0, 0.1) is 18.6 Å². The fourth-order valence-corrected chi connectivity index (χ4v) is 2.09. The van der Waals surface area contributed by atoms with Crippen LogP contribution in [0.2, 0.25) is 0 Å². The summed E-state index contributed by atoms with van der Waals surface area (Å²) >= 11 is 0. The first-order chi connectivity index (χ1) is 9.11. The van der Waals surface area contributed by atoms with Crippen LogP contribution in [-0.4, -0.2) is 6.54 Å². The minimum atomic E-state index is -0.253. The van der Waals surface area contributed by atoms with Gasteiger partial charge in [0.25, 0.3) is 0 Å². The number of benzene rings is 2. The third-order valence-electron chi connectivity index (χ3n) is 3.11. The van der Waals surface area contributed by atoms with Crippen molar-refractivity contribution < 1.29 is 8.78 Å². The molecule has 0 saturated carbocycles. The van der Waals surface area contributed by atoms with E-state index in [-0.39, 0.29) is 11.6 Å². The Labute approximate surface area is 112 Å². The molecule has 2 aromatic carbocycles. The first kappa shape index (κ1) is 13.7. The number of rotatable bonds is 4. The predicted octanol–water partition coefficient (Wildman–Crippen LogP) is 4.05. The smallest absolute Gasteiger partial charge is 0.127 e. The molecule has 0 amide bonds. The Morgan fingerprint density at radius 2 is 1.84 bits per heavy atom. The van der Waals surface area contributed by atoms with Crippen LogP contribution in [0.5, 0.6) is 0 Å². The van der Waals surface area contributed by atoms with Crippen LogP contribution in [0.4, 0.5) is 8.78 Å². The number of hydrogen-bond acceptors (Lipinski definition) is 1. The van der Waals surface area contributed by atoms with E-state index in [1.54, 1.807) is 12.1 Å². The summed E-state index contributed by atoms with van der Waals surface area (Å²) in [5.74, 6) is -0.472. The summed E-state index contributed by atoms with van der Waals surface area (Å²) < 4.78 is 26.8. The zero-order valence-electron chi connectivity index (χ0n) is 11.1. The van der Waals surface area contributed by atoms with Crippen molar-refractivity contribution in [1.29, 1.82) is 0 Å². The lowest BCUT2D eigenvalue weighted by molar-refractivity contribution is 0.593. The van der Waals surface area contributed by atoms with Crippen LogP contribution in [0.1, 0.15) is 18.1 Å². The van der Waals surface area contributed by atoms with Crippen LogP contribution in [0.25, 0.3) is 11.1 Å². The van der Waals surface area contributed by atoms with Crippen LogP contribution < -0.4 is 5.32 Å². The lowest BCUT2D eigenvalue weighted by atomic mass is 9.98. The van der Waals surface area contributed by atoms with Crippen molar-refractivity contribution in [3.63, 3.8) is 0 Å². The van der Waals surface area contributed by atoms with Gasteiger partial charge in [0.2, 0.25) is 0 Å². The topological polar surface area (TPSA) is 12.0 Å². The largest absolute Gasteiger partial charge is 0.313 e. The standard InChI is InChI=1S/C16H17F2N/c1-3-19-10-13-9-12(4-7-16(13)18)15-6-5-14(17)8-11(15)2/h4-9,19H,3,10H2,1-2H3. The zero-order chi connectivity index (χ0) is 13.8. The normalized spacial score (nSPS) is 10.7. The summed E-state index contributed by atoms with van der Waals surface area (Å²) in [4.78, 5) is 0. The van der Waals surface area contributed by atoms with Gasteiger partial charge in [-0.2, -0.15) is 0 Å². The van der Waals surface area contributed by atoms with Crippen molar-refractivity contribution in [2.45, 2.75) is 20.4 Å². The van der Waals surface area contributed by atoms with Crippen molar-refractivity contribution in [3.8, 4) is 11.1 Å². The van der Waals surface area contributed by atoms with E-state index in [9.17, 15) is 8.78 Å². The molecule has 2 aromatic rings. The van der Waals surface area contributed by atoms with E-state index in [0.717, 1.165) is 23.2 Å². The third kappa shape index (κ3) is 3.18. The molecule has 0 spiro atoms. The molecule has 1 nitrogen and oxygen atoms in total. The molecule has 0 unspecified atom stereocenters. The van der Waals surface area contributed by atoms with Gasteiger partial charge in [-0.3, -0.25) is 0 Å². The first-order valence-corrected chi connectivity index (χ1v) is 6.37. The molecule has 1 N–H and O–H groups in total. The predicted molar refractivity (Wildman–Crippen MR) is 73.9 cm³/mol. The molecule has 2 rings (SSSR count). The van der Waals surface area contributed by atoms with E-state index >= 15 is 0 Å². The first-order valence-electron chi connectivity index (χ1n) is 6.37. The van der Waals surface area contributed by atoms with Gasteiger partial charge in [-0.05, 0) is 54.4 Å². The fraction of sp³-hybridized carbons (Fsp3) is 0.250. The Balaban J connectivity index is 2.39. The summed E-state index contributed by atoms with van der Waals surface area (Å²) in [5.41, 5.74) is 3.31. The second-order valence-electron chi connectivity index (χ2n) is 4.55. The number of hydrogen-bond donors (Lipinski definition) is 1. The van der Waals surface area contributed by atoms with Gasteiger partial charge in [-0.1, -0.05) is 19.1 Å². The molecule has 0 aromatic heterocycles. The fourth-order valence-electron chi connectivity index (χ4n) is 2.09. The van der Waals surface area contributed by atoms with E-state index in [1.165, 1.54) is 18.2 Å². The quantitative estimate of drug-likeness (QED) is 0.875. The van der Waals surface area contributed by atoms with E-state index < -0.39 is 0 Å². The second-order valence-corrected chi connectivity index (χ2v) is 4.55. The molecule has 0 radical (unpaired) electrons. The van der Waals surface area contributed by atoms with Crippen LogP contribution >= 0.6 is 0 Å². The molecule has 0 saturated heterocycles. The molecule has 0 aliphatic rings. The van der Waals surface area contributed by atoms with Gasteiger partial charge in [0.1, 0.15) is 11.6 Å². The summed E-state index contributed by atoms with van der Waals surface area (Å²) in [5, 5.41) is 3.11. The van der Waals surface area contributed by atoms with Gasteiger partial charge >= 0.3 is 0 Å². The van der Waals surface area contributed by atoms with E-state index in [4.69, 9.17) is 0 Å². The number of halogens is 2. The highest BCUT2D eigenvalue weighted by molar-refractivity contribution is 5.67. The number of aryl methyl sites for hydroxylation is 1. The van der Waals surface area contributed by atoms with Gasteiger partial charge < -0.3 is 5.32 Å². The summed E-state index contributed by atoms with van der Waals surface area (Å²) in [6.45, 7) is 5.12. The van der Waals surface area contributed by atoms with Crippen LogP contribution in [-0.2, 0) is 6.54 Å². The summed E-state index contributed by atoms with van der Waals surface area (Å²) in [6, 6.07) is 9.65. The van der Waals surface area contributed by atoms with Gasteiger partial charge in [-0.25, -0.2) is 8.78 Å². The van der Waals surface area contributed by atoms with Crippen LogP contribution in [0.3, 0.4) is 0 Å². The number of nitrogens with one attached hydrogen (secondary N) is 1. The monoisotopic (exact) mass is 261 g/mol. The molecule has 0 atom stereocenters. The third-order valence-corrected chi connectivity index (χ3v) is 3.11. The minimum Gasteiger partial charge on any atom is -0.313 e. The average molecular weight is 261 g/mol. The molecule has 0 aliphatic carbocycles. The second kappa shape index (κ2) is 5.93. The van der Waals surface area contributed by atoms with E-state index in [2.05, 4.69) is 5.32 Å². The van der Waals surface area contributed by atoms with Crippen molar-refractivity contribution >= 4 is 0 Å². The average Bonchev–Trinajstić information content (AvgIpc) is 2.38. The Morgan fingerprint density at radius 1 is 1.05 bits per heavy atom. The highest BCUT2D eigenvalue weighted by Crippen LogP contribution is 2.26. The molecule has 0 fully saturated rings. The van der Waals surface area contributed by atoms with Crippen molar-refractivity contribution in [2.75, 3.05) is 6.54 Å². The van der Waals surface area contributed by atoms with Gasteiger partial charge in [0.05, 0.1) is 0 Å². The molecule has 100 valence electrons. The summed E-state index contributed by atoms with van der Waals surface area (Å²) in [7, 11) is 0. The van der Waals surface area contributed by atoms with Gasteiger partial charge in [0, 0.05) is 12.1 Å². The molecular formula is C16H17F2N. The van der Waals surface area contributed by atoms with Crippen LogP contribution in [0.15, 0.2) is 36.4 Å². The Bertz CT molecular complexity index is 579. The van der Waals surface area contributed by atoms with Crippen molar-refractivity contribution in [1.82, 2.24) is 5.32 Å². The van der Waals surface area contributed by atoms with Crippen molar-refractivity contribution in [2.24, 2.45) is 0 Å². The van der Waals surface area contributed by atoms with Crippen molar-refractivity contribution in [3.05, 3.63) is 59.2 Å². The minimum absolute atomic E-state index is 0.218. The van der Waals surface area contributed by atoms with E-state index in [1.807, 2.05) is 19.9 Å². The molecule has 0 heterocycles. The Morgan fingerprint density at radius 3 is 2.53 bits per heavy atom. The molecule has 0 aliphatic heterocycles. The highest BCUT2D eigenvalue weighted by Gasteiger charge is 2.07. The maximum Gasteiger partial charge on any atom is 0.127 e.